The molecule has 27 heavy (non-hydrogen) atoms. The summed E-state index contributed by atoms with van der Waals surface area (Å²) in [4.78, 5) is 24.8. The molecule has 0 spiro atoms. The van der Waals surface area contributed by atoms with Crippen LogP contribution in [-0.2, 0) is 4.79 Å². The van der Waals surface area contributed by atoms with E-state index in [1.54, 1.807) is 30.3 Å². The topological polar surface area (TPSA) is 82.0 Å². The van der Waals surface area contributed by atoms with Crippen LogP contribution in [-0.4, -0.2) is 11.8 Å². The number of nitrogens with zero attached hydrogens (tertiary/aromatic N) is 1. The van der Waals surface area contributed by atoms with Crippen molar-refractivity contribution in [1.29, 1.82) is 5.26 Å². The average Bonchev–Trinajstić information content (AvgIpc) is 2.70. The van der Waals surface area contributed by atoms with E-state index in [-0.39, 0.29) is 17.4 Å². The molecule has 138 valence electrons. The summed E-state index contributed by atoms with van der Waals surface area (Å²) >= 11 is 0. The van der Waals surface area contributed by atoms with E-state index in [0.717, 1.165) is 31.7 Å². The molecular formula is C21H20FN3O2. The summed E-state index contributed by atoms with van der Waals surface area (Å²) in [6, 6.07) is 12.2. The van der Waals surface area contributed by atoms with Crippen LogP contribution in [0, 0.1) is 23.1 Å². The van der Waals surface area contributed by atoms with Crippen molar-refractivity contribution < 1.29 is 14.0 Å². The summed E-state index contributed by atoms with van der Waals surface area (Å²) in [5, 5.41) is 14.4. The number of carbonyl (C=O) groups is 2. The largest absolute Gasteiger partial charge is 0.326 e. The van der Waals surface area contributed by atoms with Crippen molar-refractivity contribution in [2.75, 3.05) is 10.6 Å². The highest BCUT2D eigenvalue weighted by Gasteiger charge is 2.21. The molecule has 0 bridgehead atoms. The Kier molecular flexibility index (Phi) is 5.82. The van der Waals surface area contributed by atoms with Crippen molar-refractivity contribution in [3.8, 4) is 6.07 Å². The molecule has 2 aromatic rings. The molecule has 2 amide bonds. The molecule has 0 aliphatic heterocycles. The van der Waals surface area contributed by atoms with Crippen LogP contribution in [0.3, 0.4) is 0 Å². The molecule has 1 aliphatic rings. The van der Waals surface area contributed by atoms with Gasteiger partial charge in [-0.1, -0.05) is 25.3 Å². The Morgan fingerprint density at radius 2 is 1.74 bits per heavy atom. The van der Waals surface area contributed by atoms with Crippen LogP contribution in [0.4, 0.5) is 15.8 Å². The Hall–Kier alpha value is -3.20. The lowest BCUT2D eigenvalue weighted by atomic mass is 9.88. The minimum atomic E-state index is -0.636. The molecule has 0 heterocycles. The van der Waals surface area contributed by atoms with Gasteiger partial charge in [-0.25, -0.2) is 4.39 Å². The van der Waals surface area contributed by atoms with Gasteiger partial charge in [-0.2, -0.15) is 5.26 Å². The van der Waals surface area contributed by atoms with Gasteiger partial charge in [0.05, 0.1) is 5.56 Å². The molecular weight excluding hydrogens is 345 g/mol. The van der Waals surface area contributed by atoms with Gasteiger partial charge in [-0.05, 0) is 49.2 Å². The number of hydrogen-bond acceptors (Lipinski definition) is 3. The lowest BCUT2D eigenvalue weighted by Gasteiger charge is -2.20. The molecule has 2 N–H and O–H groups in total. The SMILES string of the molecule is N#Cc1cc(NC(=O)c2cccc(NC(=O)C3CCCCC3)c2)ccc1F. The molecule has 5 nitrogen and oxygen atoms in total. The van der Waals surface area contributed by atoms with Crippen molar-refractivity contribution >= 4 is 23.2 Å². The lowest BCUT2D eigenvalue weighted by molar-refractivity contribution is -0.120. The molecule has 1 fully saturated rings. The van der Waals surface area contributed by atoms with E-state index in [1.165, 1.54) is 18.6 Å². The van der Waals surface area contributed by atoms with Crippen LogP contribution in [0.2, 0.25) is 0 Å². The van der Waals surface area contributed by atoms with E-state index >= 15 is 0 Å². The van der Waals surface area contributed by atoms with Crippen LogP contribution in [0.5, 0.6) is 0 Å². The summed E-state index contributed by atoms with van der Waals surface area (Å²) in [6.07, 6.45) is 5.12. The molecule has 6 heteroatoms. The van der Waals surface area contributed by atoms with E-state index < -0.39 is 11.7 Å². The lowest BCUT2D eigenvalue weighted by Crippen LogP contribution is -2.24. The van der Waals surface area contributed by atoms with Gasteiger partial charge in [0, 0.05) is 22.9 Å². The monoisotopic (exact) mass is 365 g/mol. The van der Waals surface area contributed by atoms with Gasteiger partial charge in [0.15, 0.2) is 0 Å². The molecule has 1 aliphatic carbocycles. The highest BCUT2D eigenvalue weighted by atomic mass is 19.1. The second-order valence-electron chi connectivity index (χ2n) is 6.67. The third-order valence-corrected chi connectivity index (χ3v) is 4.71. The third kappa shape index (κ3) is 4.70. The van der Waals surface area contributed by atoms with E-state index in [1.807, 2.05) is 0 Å². The summed E-state index contributed by atoms with van der Waals surface area (Å²) < 4.78 is 13.4. The van der Waals surface area contributed by atoms with Crippen molar-refractivity contribution in [1.82, 2.24) is 0 Å². The zero-order valence-electron chi connectivity index (χ0n) is 14.8. The predicted molar refractivity (Wildman–Crippen MR) is 101 cm³/mol. The van der Waals surface area contributed by atoms with Gasteiger partial charge in [0.25, 0.3) is 5.91 Å². The maximum Gasteiger partial charge on any atom is 0.255 e. The summed E-state index contributed by atoms with van der Waals surface area (Å²) in [6.45, 7) is 0. The normalized spacial score (nSPS) is 14.2. The van der Waals surface area contributed by atoms with Gasteiger partial charge in [0.2, 0.25) is 5.91 Å². The molecule has 0 radical (unpaired) electrons. The maximum absolute atomic E-state index is 13.4. The Morgan fingerprint density at radius 3 is 2.48 bits per heavy atom. The van der Waals surface area contributed by atoms with Crippen molar-refractivity contribution in [2.24, 2.45) is 5.92 Å². The number of benzene rings is 2. The van der Waals surface area contributed by atoms with Crippen LogP contribution >= 0.6 is 0 Å². The summed E-state index contributed by atoms with van der Waals surface area (Å²) in [5.74, 6) is -1.02. The van der Waals surface area contributed by atoms with Gasteiger partial charge < -0.3 is 10.6 Å². The fourth-order valence-electron chi connectivity index (χ4n) is 3.24. The fraction of sp³-hybridized carbons (Fsp3) is 0.286. The van der Waals surface area contributed by atoms with Crippen molar-refractivity contribution in [3.63, 3.8) is 0 Å². The quantitative estimate of drug-likeness (QED) is 0.839. The van der Waals surface area contributed by atoms with Gasteiger partial charge in [0.1, 0.15) is 11.9 Å². The maximum atomic E-state index is 13.4. The number of halogens is 1. The van der Waals surface area contributed by atoms with Crippen LogP contribution in [0.25, 0.3) is 0 Å². The van der Waals surface area contributed by atoms with E-state index in [0.29, 0.717) is 16.9 Å². The fourth-order valence-corrected chi connectivity index (χ4v) is 3.24. The van der Waals surface area contributed by atoms with Crippen LogP contribution in [0.15, 0.2) is 42.5 Å². The zero-order chi connectivity index (χ0) is 19.2. The number of nitrogens with one attached hydrogen (secondary N) is 2. The molecule has 0 saturated heterocycles. The van der Waals surface area contributed by atoms with Crippen LogP contribution < -0.4 is 10.6 Å². The van der Waals surface area contributed by atoms with E-state index in [9.17, 15) is 14.0 Å². The summed E-state index contributed by atoms with van der Waals surface area (Å²) in [7, 11) is 0. The molecule has 2 aromatic carbocycles. The Bertz CT molecular complexity index is 899. The molecule has 0 aromatic heterocycles. The van der Waals surface area contributed by atoms with Crippen molar-refractivity contribution in [2.45, 2.75) is 32.1 Å². The Morgan fingerprint density at radius 1 is 1.00 bits per heavy atom. The molecule has 3 rings (SSSR count). The number of hydrogen-bond donors (Lipinski definition) is 2. The highest BCUT2D eigenvalue weighted by molar-refractivity contribution is 6.05. The first-order chi connectivity index (χ1) is 13.1. The van der Waals surface area contributed by atoms with Gasteiger partial charge >= 0.3 is 0 Å². The molecule has 0 unspecified atom stereocenters. The first-order valence-electron chi connectivity index (χ1n) is 8.99. The number of amides is 2. The average molecular weight is 365 g/mol. The molecule has 0 atom stereocenters. The van der Waals surface area contributed by atoms with E-state index in [4.69, 9.17) is 5.26 Å². The standard InChI is InChI=1S/C21H20FN3O2/c22-19-10-9-18(12-16(19)13-23)25-21(27)15-7-4-8-17(11-15)24-20(26)14-5-2-1-3-6-14/h4,7-12,14H,1-3,5-6H2,(H,24,26)(H,25,27). The highest BCUT2D eigenvalue weighted by Crippen LogP contribution is 2.25. The second kappa shape index (κ2) is 8.45. The Labute approximate surface area is 157 Å². The number of anilines is 2. The van der Waals surface area contributed by atoms with Crippen molar-refractivity contribution in [3.05, 3.63) is 59.4 Å². The number of nitriles is 1. The minimum Gasteiger partial charge on any atom is -0.326 e. The summed E-state index contributed by atoms with van der Waals surface area (Å²) in [5.41, 5.74) is 1.12. The smallest absolute Gasteiger partial charge is 0.255 e. The number of rotatable bonds is 4. The van der Waals surface area contributed by atoms with E-state index in [2.05, 4.69) is 10.6 Å². The van der Waals surface area contributed by atoms with Crippen LogP contribution in [0.1, 0.15) is 48.0 Å². The Balaban J connectivity index is 1.68. The third-order valence-electron chi connectivity index (χ3n) is 4.71. The van der Waals surface area contributed by atoms with Gasteiger partial charge in [-0.3, -0.25) is 9.59 Å². The second-order valence-corrected chi connectivity index (χ2v) is 6.67. The zero-order valence-corrected chi connectivity index (χ0v) is 14.8. The molecule has 1 saturated carbocycles. The minimum absolute atomic E-state index is 0.00976. The van der Waals surface area contributed by atoms with Gasteiger partial charge in [-0.15, -0.1) is 0 Å². The predicted octanol–water partition coefficient (Wildman–Crippen LogP) is 4.47. The first kappa shape index (κ1) is 18.6. The first-order valence-corrected chi connectivity index (χ1v) is 8.99. The number of carbonyl (C=O) groups excluding carboxylic acids is 2.